The Balaban J connectivity index is 5.56. The zero-order valence-corrected chi connectivity index (χ0v) is 20.0. The first-order valence-corrected chi connectivity index (χ1v) is 11.4. The fraction of sp³-hybridized carbons (Fsp3) is 0.714. The lowest BCUT2D eigenvalue weighted by atomic mass is 9.96. The SMILES string of the molecule is CCC(C)C(NC(=O)C(CCCCN)NC(=O)C(N)CCC(=O)O)C(=O)NC(CC(=O)O)C(=O)O. The molecule has 3 amide bonds. The highest BCUT2D eigenvalue weighted by atomic mass is 16.4. The summed E-state index contributed by atoms with van der Waals surface area (Å²) in [6.45, 7) is 3.73. The molecule has 0 aromatic carbocycles. The molecule has 0 bridgehead atoms. The van der Waals surface area contributed by atoms with Crippen molar-refractivity contribution in [2.24, 2.45) is 17.4 Å². The summed E-state index contributed by atoms with van der Waals surface area (Å²) in [6.07, 6.45) is 0.251. The van der Waals surface area contributed by atoms with Crippen LogP contribution in [-0.4, -0.2) is 81.7 Å². The second kappa shape index (κ2) is 16.4. The van der Waals surface area contributed by atoms with Crippen molar-refractivity contribution in [3.63, 3.8) is 0 Å². The Morgan fingerprint density at radius 3 is 1.89 bits per heavy atom. The van der Waals surface area contributed by atoms with E-state index in [9.17, 15) is 33.9 Å². The second-order valence-electron chi connectivity index (χ2n) is 8.25. The van der Waals surface area contributed by atoms with Crippen molar-refractivity contribution in [3.05, 3.63) is 0 Å². The van der Waals surface area contributed by atoms with Gasteiger partial charge >= 0.3 is 17.9 Å². The number of nitrogens with two attached hydrogens (primary N) is 2. The lowest BCUT2D eigenvalue weighted by molar-refractivity contribution is -0.147. The van der Waals surface area contributed by atoms with Gasteiger partial charge in [0.25, 0.3) is 0 Å². The van der Waals surface area contributed by atoms with Crippen LogP contribution in [0.2, 0.25) is 0 Å². The third-order valence-electron chi connectivity index (χ3n) is 5.37. The minimum absolute atomic E-state index is 0.143. The molecule has 0 radical (unpaired) electrons. The van der Waals surface area contributed by atoms with Gasteiger partial charge in [-0.15, -0.1) is 0 Å². The lowest BCUT2D eigenvalue weighted by Gasteiger charge is -2.28. The summed E-state index contributed by atoms with van der Waals surface area (Å²) >= 11 is 0. The van der Waals surface area contributed by atoms with Crippen LogP contribution >= 0.6 is 0 Å². The summed E-state index contributed by atoms with van der Waals surface area (Å²) in [5.74, 6) is -6.91. The third kappa shape index (κ3) is 12.7. The van der Waals surface area contributed by atoms with E-state index in [-0.39, 0.29) is 19.3 Å². The molecule has 0 aliphatic rings. The van der Waals surface area contributed by atoms with Crippen LogP contribution in [0.1, 0.15) is 58.8 Å². The van der Waals surface area contributed by atoms with E-state index in [4.69, 9.17) is 21.7 Å². The molecular formula is C21H37N5O9. The van der Waals surface area contributed by atoms with E-state index in [0.29, 0.717) is 25.8 Å². The van der Waals surface area contributed by atoms with E-state index >= 15 is 0 Å². The van der Waals surface area contributed by atoms with E-state index in [0.717, 1.165) is 0 Å². The summed E-state index contributed by atoms with van der Waals surface area (Å²) in [6, 6.07) is -5.19. The number of carboxylic acids is 3. The molecule has 0 aliphatic carbocycles. The first-order chi connectivity index (χ1) is 16.3. The molecule has 0 aliphatic heterocycles. The summed E-state index contributed by atoms with van der Waals surface area (Å²) < 4.78 is 0. The Hall–Kier alpha value is -3.26. The Kier molecular flexibility index (Phi) is 14.9. The van der Waals surface area contributed by atoms with E-state index in [1.165, 1.54) is 0 Å². The van der Waals surface area contributed by atoms with Crippen molar-refractivity contribution in [1.29, 1.82) is 0 Å². The first kappa shape index (κ1) is 31.7. The molecule has 14 heteroatoms. The maximum atomic E-state index is 13.0. The van der Waals surface area contributed by atoms with Gasteiger partial charge < -0.3 is 42.7 Å². The number of amides is 3. The fourth-order valence-electron chi connectivity index (χ4n) is 3.04. The van der Waals surface area contributed by atoms with Gasteiger partial charge in [-0.2, -0.15) is 0 Å². The van der Waals surface area contributed by atoms with Crippen LogP contribution in [0.4, 0.5) is 0 Å². The highest BCUT2D eigenvalue weighted by molar-refractivity contribution is 5.94. The van der Waals surface area contributed by atoms with Crippen molar-refractivity contribution in [2.45, 2.75) is 83.0 Å². The third-order valence-corrected chi connectivity index (χ3v) is 5.37. The number of nitrogens with one attached hydrogen (secondary N) is 3. The first-order valence-electron chi connectivity index (χ1n) is 11.4. The highest BCUT2D eigenvalue weighted by Gasteiger charge is 2.33. The Bertz CT molecular complexity index is 761. The van der Waals surface area contributed by atoms with Gasteiger partial charge in [0, 0.05) is 6.42 Å². The quantitative estimate of drug-likeness (QED) is 0.0985. The van der Waals surface area contributed by atoms with Crippen LogP contribution in [0.25, 0.3) is 0 Å². The maximum Gasteiger partial charge on any atom is 0.326 e. The van der Waals surface area contributed by atoms with Gasteiger partial charge in [-0.3, -0.25) is 24.0 Å². The molecule has 0 rings (SSSR count). The van der Waals surface area contributed by atoms with E-state index < -0.39 is 72.1 Å². The van der Waals surface area contributed by atoms with Crippen LogP contribution in [0.15, 0.2) is 0 Å². The Morgan fingerprint density at radius 2 is 1.40 bits per heavy atom. The van der Waals surface area contributed by atoms with Crippen molar-refractivity contribution >= 4 is 35.6 Å². The molecule has 10 N–H and O–H groups in total. The lowest BCUT2D eigenvalue weighted by Crippen LogP contribution is -2.58. The van der Waals surface area contributed by atoms with Gasteiger partial charge in [0.2, 0.25) is 17.7 Å². The van der Waals surface area contributed by atoms with Crippen LogP contribution < -0.4 is 27.4 Å². The molecule has 5 atom stereocenters. The van der Waals surface area contributed by atoms with E-state index in [1.807, 2.05) is 0 Å². The Labute approximate surface area is 203 Å². The van der Waals surface area contributed by atoms with Gasteiger partial charge in [0.1, 0.15) is 18.1 Å². The van der Waals surface area contributed by atoms with E-state index in [1.54, 1.807) is 13.8 Å². The molecule has 5 unspecified atom stereocenters. The summed E-state index contributed by atoms with van der Waals surface area (Å²) in [5.41, 5.74) is 11.2. The van der Waals surface area contributed by atoms with Crippen molar-refractivity contribution in [3.8, 4) is 0 Å². The largest absolute Gasteiger partial charge is 0.481 e. The molecule has 0 saturated carbocycles. The summed E-state index contributed by atoms with van der Waals surface area (Å²) in [4.78, 5) is 71.1. The molecular weight excluding hydrogens is 466 g/mol. The minimum Gasteiger partial charge on any atom is -0.481 e. The van der Waals surface area contributed by atoms with Gasteiger partial charge in [0.15, 0.2) is 0 Å². The number of rotatable bonds is 18. The van der Waals surface area contributed by atoms with E-state index in [2.05, 4.69) is 16.0 Å². The highest BCUT2D eigenvalue weighted by Crippen LogP contribution is 2.11. The zero-order valence-electron chi connectivity index (χ0n) is 20.0. The maximum absolute atomic E-state index is 13.0. The van der Waals surface area contributed by atoms with Crippen LogP contribution in [0.3, 0.4) is 0 Å². The van der Waals surface area contributed by atoms with Gasteiger partial charge in [-0.25, -0.2) is 4.79 Å². The predicted molar refractivity (Wildman–Crippen MR) is 123 cm³/mol. The number of carbonyl (C=O) groups is 6. The topological polar surface area (TPSA) is 251 Å². The number of hydrogen-bond donors (Lipinski definition) is 8. The van der Waals surface area contributed by atoms with Crippen LogP contribution in [-0.2, 0) is 28.8 Å². The van der Waals surface area contributed by atoms with Crippen molar-refractivity contribution < 1.29 is 44.1 Å². The normalized spacial score (nSPS) is 15.1. The standard InChI is InChI=1S/C21H37N5O9/c1-3-11(2)17(20(33)25-14(21(34)35)10-16(29)30)26-19(32)13(6-4-5-9-22)24-18(31)12(23)7-8-15(27)28/h11-14,17H,3-10,22-23H2,1-2H3,(H,24,31)(H,25,33)(H,26,32)(H,27,28)(H,29,30)(H,34,35). The van der Waals surface area contributed by atoms with Crippen molar-refractivity contribution in [2.75, 3.05) is 6.54 Å². The minimum atomic E-state index is -1.70. The molecule has 0 aromatic rings. The molecule has 0 heterocycles. The summed E-state index contributed by atoms with van der Waals surface area (Å²) in [5, 5.41) is 34.0. The number of carboxylic acid groups (broad SMARTS) is 3. The second-order valence-corrected chi connectivity index (χ2v) is 8.25. The van der Waals surface area contributed by atoms with Crippen LogP contribution in [0.5, 0.6) is 0 Å². The zero-order chi connectivity index (χ0) is 27.1. The molecule has 0 saturated heterocycles. The molecule has 0 fully saturated rings. The monoisotopic (exact) mass is 503 g/mol. The van der Waals surface area contributed by atoms with Gasteiger partial charge in [-0.1, -0.05) is 20.3 Å². The average Bonchev–Trinajstić information content (AvgIpc) is 2.78. The molecule has 14 nitrogen and oxygen atoms in total. The predicted octanol–water partition coefficient (Wildman–Crippen LogP) is -1.63. The average molecular weight is 504 g/mol. The summed E-state index contributed by atoms with van der Waals surface area (Å²) in [7, 11) is 0. The molecule has 200 valence electrons. The molecule has 0 spiro atoms. The number of aliphatic carboxylic acids is 3. The van der Waals surface area contributed by atoms with Crippen LogP contribution in [0, 0.1) is 5.92 Å². The molecule has 0 aromatic heterocycles. The fourth-order valence-corrected chi connectivity index (χ4v) is 3.04. The van der Waals surface area contributed by atoms with Gasteiger partial charge in [0.05, 0.1) is 12.5 Å². The smallest absolute Gasteiger partial charge is 0.326 e. The Morgan fingerprint density at radius 1 is 0.800 bits per heavy atom. The number of carbonyl (C=O) groups excluding carboxylic acids is 3. The van der Waals surface area contributed by atoms with Gasteiger partial charge in [-0.05, 0) is 38.1 Å². The molecule has 35 heavy (non-hydrogen) atoms. The van der Waals surface area contributed by atoms with Crippen molar-refractivity contribution in [1.82, 2.24) is 16.0 Å². The number of hydrogen-bond acceptors (Lipinski definition) is 8. The number of unbranched alkanes of at least 4 members (excludes halogenated alkanes) is 1.